The van der Waals surface area contributed by atoms with Gasteiger partial charge >= 0.3 is 5.92 Å². The second-order valence-electron chi connectivity index (χ2n) is 6.40. The largest absolute Gasteiger partial charge is 0.497 e. The van der Waals surface area contributed by atoms with Crippen LogP contribution in [0, 0.1) is 5.41 Å². The number of halogens is 2. The first-order chi connectivity index (χ1) is 10.8. The second-order valence-corrected chi connectivity index (χ2v) is 6.40. The van der Waals surface area contributed by atoms with Gasteiger partial charge in [-0.25, -0.2) is 0 Å². The molecule has 0 aliphatic heterocycles. The molecule has 0 aromatic heterocycles. The number of carbonyl (C=O) groups is 1. The van der Waals surface area contributed by atoms with Crippen molar-refractivity contribution in [3.63, 3.8) is 0 Å². The van der Waals surface area contributed by atoms with Crippen molar-refractivity contribution >= 4 is 5.91 Å². The smallest absolute Gasteiger partial charge is 0.349 e. The maximum atomic E-state index is 14.2. The van der Waals surface area contributed by atoms with E-state index in [4.69, 9.17) is 4.74 Å². The lowest BCUT2D eigenvalue weighted by Crippen LogP contribution is -2.48. The summed E-state index contributed by atoms with van der Waals surface area (Å²) in [6.45, 7) is 1.86. The molecule has 4 nitrogen and oxygen atoms in total. The zero-order valence-corrected chi connectivity index (χ0v) is 13.4. The van der Waals surface area contributed by atoms with Crippen molar-refractivity contribution in [2.45, 2.75) is 44.6 Å². The number of benzene rings is 1. The van der Waals surface area contributed by atoms with Gasteiger partial charge in [0.25, 0.3) is 5.91 Å². The Morgan fingerprint density at radius 2 is 2.04 bits per heavy atom. The van der Waals surface area contributed by atoms with Crippen LogP contribution in [0.3, 0.4) is 0 Å². The maximum Gasteiger partial charge on any atom is 0.349 e. The molecule has 2 N–H and O–H groups in total. The van der Waals surface area contributed by atoms with Gasteiger partial charge in [-0.3, -0.25) is 4.79 Å². The number of rotatable bonds is 5. The van der Waals surface area contributed by atoms with Crippen LogP contribution in [-0.2, 0) is 10.7 Å². The Morgan fingerprint density at radius 3 is 2.61 bits per heavy atom. The van der Waals surface area contributed by atoms with Crippen LogP contribution in [0.2, 0.25) is 0 Å². The second kappa shape index (κ2) is 6.83. The van der Waals surface area contributed by atoms with Gasteiger partial charge in [-0.15, -0.1) is 0 Å². The van der Waals surface area contributed by atoms with Crippen molar-refractivity contribution in [2.24, 2.45) is 5.41 Å². The van der Waals surface area contributed by atoms with Crippen LogP contribution in [0.25, 0.3) is 0 Å². The van der Waals surface area contributed by atoms with E-state index in [-0.39, 0.29) is 12.1 Å². The van der Waals surface area contributed by atoms with Crippen LogP contribution >= 0.6 is 0 Å². The fourth-order valence-corrected chi connectivity index (χ4v) is 2.91. The Hall–Kier alpha value is -1.69. The van der Waals surface area contributed by atoms with Gasteiger partial charge in [0.15, 0.2) is 0 Å². The Balaban J connectivity index is 2.03. The van der Waals surface area contributed by atoms with Gasteiger partial charge in [0.1, 0.15) is 5.75 Å². The Kier molecular flexibility index (Phi) is 5.24. The number of aliphatic hydroxyl groups excluding tert-OH is 1. The third kappa shape index (κ3) is 3.80. The average molecular weight is 327 g/mol. The number of aliphatic hydroxyl groups is 1. The van der Waals surface area contributed by atoms with Crippen LogP contribution in [0.1, 0.15) is 38.2 Å². The molecule has 0 bridgehead atoms. The zero-order valence-electron chi connectivity index (χ0n) is 13.4. The first-order valence-corrected chi connectivity index (χ1v) is 7.78. The van der Waals surface area contributed by atoms with E-state index in [2.05, 4.69) is 5.32 Å². The van der Waals surface area contributed by atoms with E-state index in [9.17, 15) is 18.7 Å². The number of alkyl halides is 2. The van der Waals surface area contributed by atoms with Crippen LogP contribution in [0.15, 0.2) is 24.3 Å². The minimum atomic E-state index is -3.62. The highest BCUT2D eigenvalue weighted by molar-refractivity contribution is 5.84. The van der Waals surface area contributed by atoms with Gasteiger partial charge in [0.2, 0.25) is 0 Å². The summed E-state index contributed by atoms with van der Waals surface area (Å²) < 4.78 is 33.4. The van der Waals surface area contributed by atoms with Crippen molar-refractivity contribution in [3.8, 4) is 5.75 Å². The van der Waals surface area contributed by atoms with Crippen molar-refractivity contribution in [1.29, 1.82) is 0 Å². The van der Waals surface area contributed by atoms with Crippen molar-refractivity contribution in [1.82, 2.24) is 5.32 Å². The molecule has 1 aliphatic rings. The molecule has 1 saturated carbocycles. The van der Waals surface area contributed by atoms with Gasteiger partial charge in [0, 0.05) is 17.5 Å². The molecule has 1 aromatic rings. The van der Waals surface area contributed by atoms with Gasteiger partial charge in [-0.2, -0.15) is 8.78 Å². The Bertz CT molecular complexity index is 547. The molecule has 1 fully saturated rings. The monoisotopic (exact) mass is 327 g/mol. The standard InChI is InChI=1S/C17H23F2NO3/c1-16(10-4-3-5-14(16)21)11-20-15(22)17(18,19)12-6-8-13(23-2)9-7-12/h6-9,14,21H,3-5,10-11H2,1-2H3,(H,20,22). The van der Waals surface area contributed by atoms with Gasteiger partial charge in [-0.1, -0.05) is 19.8 Å². The van der Waals surface area contributed by atoms with Gasteiger partial charge in [0.05, 0.1) is 13.2 Å². The van der Waals surface area contributed by atoms with Crippen LogP contribution in [-0.4, -0.2) is 30.8 Å². The minimum absolute atomic E-state index is 0.0404. The SMILES string of the molecule is COc1ccc(C(F)(F)C(=O)NCC2(C)CCCCC2O)cc1. The summed E-state index contributed by atoms with van der Waals surface area (Å²) in [4.78, 5) is 11.9. The van der Waals surface area contributed by atoms with Crippen molar-refractivity contribution in [3.05, 3.63) is 29.8 Å². The molecule has 0 heterocycles. The highest BCUT2D eigenvalue weighted by atomic mass is 19.3. The number of ether oxygens (including phenoxy) is 1. The van der Waals surface area contributed by atoms with E-state index in [1.54, 1.807) is 0 Å². The molecule has 1 aliphatic carbocycles. The molecule has 6 heteroatoms. The number of hydrogen-bond acceptors (Lipinski definition) is 3. The number of methoxy groups -OCH3 is 1. The molecule has 23 heavy (non-hydrogen) atoms. The Labute approximate surface area is 134 Å². The summed E-state index contributed by atoms with van der Waals surface area (Å²) in [5.74, 6) is -4.52. The zero-order chi connectivity index (χ0) is 17.1. The molecule has 2 unspecified atom stereocenters. The summed E-state index contributed by atoms with van der Waals surface area (Å²) in [7, 11) is 1.44. The van der Waals surface area contributed by atoms with E-state index in [1.165, 1.54) is 31.4 Å². The maximum absolute atomic E-state index is 14.2. The van der Waals surface area contributed by atoms with Gasteiger partial charge in [-0.05, 0) is 37.1 Å². The molecule has 1 aromatic carbocycles. The van der Waals surface area contributed by atoms with Crippen LogP contribution in [0.5, 0.6) is 5.75 Å². The molecular weight excluding hydrogens is 304 g/mol. The van der Waals surface area contributed by atoms with E-state index >= 15 is 0 Å². The summed E-state index contributed by atoms with van der Waals surface area (Å²) in [5, 5.41) is 12.4. The summed E-state index contributed by atoms with van der Waals surface area (Å²) in [6, 6.07) is 5.14. The molecule has 128 valence electrons. The number of nitrogens with one attached hydrogen (secondary N) is 1. The first kappa shape index (κ1) is 17.7. The van der Waals surface area contributed by atoms with E-state index in [1.807, 2.05) is 6.92 Å². The fourth-order valence-electron chi connectivity index (χ4n) is 2.91. The predicted molar refractivity (Wildman–Crippen MR) is 82.5 cm³/mol. The normalized spacial score (nSPS) is 25.0. The molecule has 1 amide bonds. The van der Waals surface area contributed by atoms with Gasteiger partial charge < -0.3 is 15.2 Å². The quantitative estimate of drug-likeness (QED) is 0.874. The van der Waals surface area contributed by atoms with Crippen LogP contribution in [0.4, 0.5) is 8.78 Å². The number of carbonyl (C=O) groups excluding carboxylic acids is 1. The number of hydrogen-bond donors (Lipinski definition) is 2. The lowest BCUT2D eigenvalue weighted by molar-refractivity contribution is -0.148. The van der Waals surface area contributed by atoms with Crippen LogP contribution < -0.4 is 10.1 Å². The van der Waals surface area contributed by atoms with E-state index in [0.29, 0.717) is 18.6 Å². The highest BCUT2D eigenvalue weighted by Gasteiger charge is 2.43. The van der Waals surface area contributed by atoms with E-state index in [0.717, 1.165) is 12.8 Å². The minimum Gasteiger partial charge on any atom is -0.497 e. The average Bonchev–Trinajstić information content (AvgIpc) is 2.55. The molecule has 2 rings (SSSR count). The lowest BCUT2D eigenvalue weighted by atomic mass is 9.73. The predicted octanol–water partition coefficient (Wildman–Crippen LogP) is 2.84. The molecule has 0 saturated heterocycles. The van der Waals surface area contributed by atoms with Crippen molar-refractivity contribution in [2.75, 3.05) is 13.7 Å². The number of amides is 1. The topological polar surface area (TPSA) is 58.6 Å². The third-order valence-corrected chi connectivity index (χ3v) is 4.67. The summed E-state index contributed by atoms with van der Waals surface area (Å²) >= 11 is 0. The summed E-state index contributed by atoms with van der Waals surface area (Å²) in [5.41, 5.74) is -0.936. The fraction of sp³-hybridized carbons (Fsp3) is 0.588. The molecule has 0 spiro atoms. The molecular formula is C17H23F2NO3. The summed E-state index contributed by atoms with van der Waals surface area (Å²) in [6.07, 6.45) is 2.63. The Morgan fingerprint density at radius 1 is 1.39 bits per heavy atom. The van der Waals surface area contributed by atoms with E-state index < -0.39 is 23.3 Å². The third-order valence-electron chi connectivity index (χ3n) is 4.67. The highest BCUT2D eigenvalue weighted by Crippen LogP contribution is 2.36. The molecule has 2 atom stereocenters. The molecule has 0 radical (unpaired) electrons. The van der Waals surface area contributed by atoms with Crippen molar-refractivity contribution < 1.29 is 23.4 Å². The first-order valence-electron chi connectivity index (χ1n) is 7.78. The lowest BCUT2D eigenvalue weighted by Gasteiger charge is -2.38.